The van der Waals surface area contributed by atoms with Crippen molar-refractivity contribution in [3.8, 4) is 0 Å². The molecule has 67 valence electrons. The molecule has 2 rings (SSSR count). The molecule has 2 bridgehead atoms. The van der Waals surface area contributed by atoms with Crippen molar-refractivity contribution < 1.29 is 0 Å². The van der Waals surface area contributed by atoms with Gasteiger partial charge in [0.05, 0.1) is 0 Å². The normalized spacial score (nSPS) is 34.8. The zero-order valence-electron chi connectivity index (χ0n) is 7.89. The van der Waals surface area contributed by atoms with Gasteiger partial charge in [0, 0.05) is 0 Å². The number of fused-ring (bicyclic) bond motifs is 3. The summed E-state index contributed by atoms with van der Waals surface area (Å²) >= 11 is 0. The van der Waals surface area contributed by atoms with Crippen molar-refractivity contribution in [2.45, 2.75) is 51.4 Å². The summed E-state index contributed by atoms with van der Waals surface area (Å²) in [4.78, 5) is 0. The van der Waals surface area contributed by atoms with Crippen LogP contribution < -0.4 is 0 Å². The molecule has 0 nitrogen and oxygen atoms in total. The smallest absolute Gasteiger partial charge is 0.00272 e. The fourth-order valence-electron chi connectivity index (χ4n) is 2.48. The molecule has 1 saturated carbocycles. The van der Waals surface area contributed by atoms with E-state index in [1.807, 2.05) is 0 Å². The molecule has 12 heavy (non-hydrogen) atoms. The Balaban J connectivity index is 2.02. The van der Waals surface area contributed by atoms with E-state index in [2.05, 4.69) is 12.2 Å². The standard InChI is InChI=1S/C12H19/c1-2-6-12-8-4-3-7-11(5-1)9-10-12/h1,5,12H,2-4,6-10H2/b5-1-. The highest BCUT2D eigenvalue weighted by Crippen LogP contribution is 2.32. The van der Waals surface area contributed by atoms with Gasteiger partial charge in [-0.2, -0.15) is 0 Å². The van der Waals surface area contributed by atoms with Gasteiger partial charge in [-0.1, -0.05) is 31.4 Å². The highest BCUT2D eigenvalue weighted by Gasteiger charge is 2.17. The lowest BCUT2D eigenvalue weighted by Crippen LogP contribution is -2.09. The maximum absolute atomic E-state index is 2.40. The Morgan fingerprint density at radius 2 is 2.00 bits per heavy atom. The van der Waals surface area contributed by atoms with E-state index in [-0.39, 0.29) is 0 Å². The van der Waals surface area contributed by atoms with Crippen molar-refractivity contribution in [1.29, 1.82) is 0 Å². The fourth-order valence-corrected chi connectivity index (χ4v) is 2.48. The Labute approximate surface area is 76.1 Å². The topological polar surface area (TPSA) is 0 Å². The van der Waals surface area contributed by atoms with E-state index in [0.29, 0.717) is 0 Å². The fraction of sp³-hybridized carbons (Fsp3) is 0.750. The van der Waals surface area contributed by atoms with E-state index < -0.39 is 0 Å². The molecule has 0 heteroatoms. The van der Waals surface area contributed by atoms with Gasteiger partial charge in [0.1, 0.15) is 0 Å². The van der Waals surface area contributed by atoms with Crippen LogP contribution in [0.3, 0.4) is 0 Å². The third kappa shape index (κ3) is 2.12. The van der Waals surface area contributed by atoms with Gasteiger partial charge in [0.2, 0.25) is 0 Å². The molecule has 1 radical (unpaired) electrons. The SMILES string of the molecule is C1=C\[C]2CCCCC(CC/1)CC2. The average molecular weight is 163 g/mol. The molecule has 1 fully saturated rings. The minimum absolute atomic E-state index is 1.05. The molecule has 0 aromatic heterocycles. The van der Waals surface area contributed by atoms with Crippen LogP contribution in [-0.2, 0) is 0 Å². The van der Waals surface area contributed by atoms with Gasteiger partial charge in [-0.3, -0.25) is 0 Å². The molecular formula is C12H19. The van der Waals surface area contributed by atoms with Gasteiger partial charge in [-0.25, -0.2) is 0 Å². The summed E-state index contributed by atoms with van der Waals surface area (Å²) in [5.41, 5.74) is 0. The third-order valence-corrected chi connectivity index (χ3v) is 3.33. The van der Waals surface area contributed by atoms with Gasteiger partial charge < -0.3 is 0 Å². The minimum Gasteiger partial charge on any atom is -0.0879 e. The molecule has 0 aromatic rings. The van der Waals surface area contributed by atoms with Gasteiger partial charge in [0.25, 0.3) is 0 Å². The molecular weight excluding hydrogens is 144 g/mol. The second-order valence-corrected chi connectivity index (χ2v) is 4.29. The molecule has 1 unspecified atom stereocenters. The summed E-state index contributed by atoms with van der Waals surface area (Å²) in [5.74, 6) is 2.77. The number of rotatable bonds is 0. The van der Waals surface area contributed by atoms with Crippen LogP contribution in [-0.4, -0.2) is 0 Å². The van der Waals surface area contributed by atoms with Gasteiger partial charge in [-0.15, -0.1) is 0 Å². The van der Waals surface area contributed by atoms with Crippen molar-refractivity contribution in [3.05, 3.63) is 18.1 Å². The van der Waals surface area contributed by atoms with Crippen molar-refractivity contribution in [2.75, 3.05) is 0 Å². The molecule has 2 aliphatic rings. The van der Waals surface area contributed by atoms with E-state index in [0.717, 1.165) is 5.92 Å². The van der Waals surface area contributed by atoms with Crippen LogP contribution in [0.2, 0.25) is 0 Å². The zero-order valence-corrected chi connectivity index (χ0v) is 7.89. The first-order chi connectivity index (χ1) is 5.95. The summed E-state index contributed by atoms with van der Waals surface area (Å²) < 4.78 is 0. The van der Waals surface area contributed by atoms with Gasteiger partial charge >= 0.3 is 0 Å². The lowest BCUT2D eigenvalue weighted by Gasteiger charge is -2.24. The second-order valence-electron chi connectivity index (χ2n) is 4.29. The Bertz CT molecular complexity index is 157. The van der Waals surface area contributed by atoms with E-state index >= 15 is 0 Å². The molecule has 0 saturated heterocycles. The molecule has 0 N–H and O–H groups in total. The highest BCUT2D eigenvalue weighted by atomic mass is 14.2. The third-order valence-electron chi connectivity index (χ3n) is 3.33. The largest absolute Gasteiger partial charge is 0.0879 e. The predicted octanol–water partition coefficient (Wildman–Crippen LogP) is 3.88. The molecule has 0 amide bonds. The van der Waals surface area contributed by atoms with Crippen LogP contribution in [0.15, 0.2) is 12.2 Å². The molecule has 0 aliphatic heterocycles. The summed E-state index contributed by atoms with van der Waals surface area (Å²) in [7, 11) is 0. The predicted molar refractivity (Wildman–Crippen MR) is 52.8 cm³/mol. The first kappa shape index (κ1) is 8.34. The average Bonchev–Trinajstić information content (AvgIpc) is 2.03. The van der Waals surface area contributed by atoms with Crippen molar-refractivity contribution in [3.63, 3.8) is 0 Å². The Morgan fingerprint density at radius 3 is 3.00 bits per heavy atom. The first-order valence-electron chi connectivity index (χ1n) is 5.46. The first-order valence-corrected chi connectivity index (χ1v) is 5.46. The lowest BCUT2D eigenvalue weighted by atomic mass is 9.81. The van der Waals surface area contributed by atoms with Crippen LogP contribution in [0, 0.1) is 11.8 Å². The Kier molecular flexibility index (Phi) is 2.86. The van der Waals surface area contributed by atoms with Crippen LogP contribution >= 0.6 is 0 Å². The maximum Gasteiger partial charge on any atom is -0.00272 e. The maximum atomic E-state index is 2.40. The van der Waals surface area contributed by atoms with Crippen LogP contribution in [0.25, 0.3) is 0 Å². The molecule has 0 spiro atoms. The van der Waals surface area contributed by atoms with Crippen molar-refractivity contribution in [2.24, 2.45) is 5.92 Å². The molecule has 0 heterocycles. The zero-order chi connectivity index (χ0) is 8.23. The second kappa shape index (κ2) is 4.11. The summed E-state index contributed by atoms with van der Waals surface area (Å²) in [6.07, 6.45) is 16.2. The van der Waals surface area contributed by atoms with Crippen LogP contribution in [0.4, 0.5) is 0 Å². The van der Waals surface area contributed by atoms with Crippen molar-refractivity contribution in [1.82, 2.24) is 0 Å². The quantitative estimate of drug-likeness (QED) is 0.508. The monoisotopic (exact) mass is 163 g/mol. The van der Waals surface area contributed by atoms with Crippen LogP contribution in [0.5, 0.6) is 0 Å². The number of hydrogen-bond acceptors (Lipinski definition) is 0. The highest BCUT2D eigenvalue weighted by molar-refractivity contribution is 5.11. The Morgan fingerprint density at radius 1 is 1.00 bits per heavy atom. The van der Waals surface area contributed by atoms with E-state index in [1.165, 1.54) is 51.4 Å². The summed E-state index contributed by atoms with van der Waals surface area (Å²) in [5, 5.41) is 0. The number of allylic oxidation sites excluding steroid dienone is 2. The lowest BCUT2D eigenvalue weighted by molar-refractivity contribution is 0.372. The Hall–Kier alpha value is -0.260. The molecule has 0 aromatic carbocycles. The van der Waals surface area contributed by atoms with E-state index in [9.17, 15) is 0 Å². The minimum atomic E-state index is 1.05. The molecule has 2 aliphatic carbocycles. The van der Waals surface area contributed by atoms with E-state index in [1.54, 1.807) is 5.92 Å². The van der Waals surface area contributed by atoms with Crippen LogP contribution in [0.1, 0.15) is 51.4 Å². The number of hydrogen-bond donors (Lipinski definition) is 0. The summed E-state index contributed by atoms with van der Waals surface area (Å²) in [6, 6.07) is 0. The van der Waals surface area contributed by atoms with E-state index in [4.69, 9.17) is 0 Å². The summed E-state index contributed by atoms with van der Waals surface area (Å²) in [6.45, 7) is 0. The van der Waals surface area contributed by atoms with Gasteiger partial charge in [0.15, 0.2) is 0 Å². The molecule has 1 atom stereocenters. The van der Waals surface area contributed by atoms with Gasteiger partial charge in [-0.05, 0) is 43.9 Å². The van der Waals surface area contributed by atoms with Crippen molar-refractivity contribution >= 4 is 0 Å².